The highest BCUT2D eigenvalue weighted by atomic mass is 79.9. The van der Waals surface area contributed by atoms with Crippen LogP contribution < -0.4 is 4.72 Å². The molecule has 0 saturated heterocycles. The fourth-order valence-corrected chi connectivity index (χ4v) is 3.24. The molecule has 6 heteroatoms. The number of benzene rings is 1. The van der Waals surface area contributed by atoms with Crippen molar-refractivity contribution in [1.29, 1.82) is 0 Å². The average molecular weight is 322 g/mol. The lowest BCUT2D eigenvalue weighted by atomic mass is 10.1. The smallest absolute Gasteiger partial charge is 0.237 e. The molecule has 0 saturated carbocycles. The number of rotatable bonds is 4. The fourth-order valence-electron chi connectivity index (χ4n) is 1.39. The van der Waals surface area contributed by atoms with E-state index in [2.05, 4.69) is 20.7 Å². The molecule has 96 valence electrons. The standard InChI is InChI=1S/C11H16BrNO3S/c1-7-4-8(2)11(10(12)5-7)13-17(15,16)9(3)6-14/h4-5,9,13-14H,6H2,1-3H3. The lowest BCUT2D eigenvalue weighted by Crippen LogP contribution is -2.28. The van der Waals surface area contributed by atoms with Crippen molar-refractivity contribution in [3.8, 4) is 0 Å². The largest absolute Gasteiger partial charge is 0.395 e. The van der Waals surface area contributed by atoms with Crippen molar-refractivity contribution in [3.63, 3.8) is 0 Å². The van der Waals surface area contributed by atoms with Crippen LogP contribution in [0.5, 0.6) is 0 Å². The highest BCUT2D eigenvalue weighted by Gasteiger charge is 2.21. The van der Waals surface area contributed by atoms with Crippen LogP contribution in [0.4, 0.5) is 5.69 Å². The summed E-state index contributed by atoms with van der Waals surface area (Å²) in [6, 6.07) is 3.74. The first kappa shape index (κ1) is 14.5. The van der Waals surface area contributed by atoms with Gasteiger partial charge in [-0.15, -0.1) is 0 Å². The van der Waals surface area contributed by atoms with Crippen LogP contribution in [0.3, 0.4) is 0 Å². The van der Waals surface area contributed by atoms with Gasteiger partial charge in [0.15, 0.2) is 0 Å². The van der Waals surface area contributed by atoms with E-state index in [9.17, 15) is 8.42 Å². The fraction of sp³-hybridized carbons (Fsp3) is 0.455. The highest BCUT2D eigenvalue weighted by Crippen LogP contribution is 2.29. The summed E-state index contributed by atoms with van der Waals surface area (Å²) in [7, 11) is -3.55. The summed E-state index contributed by atoms with van der Waals surface area (Å²) >= 11 is 3.33. The molecule has 0 bridgehead atoms. The molecule has 0 aliphatic carbocycles. The van der Waals surface area contributed by atoms with Gasteiger partial charge in [0.2, 0.25) is 10.0 Å². The monoisotopic (exact) mass is 321 g/mol. The van der Waals surface area contributed by atoms with Gasteiger partial charge >= 0.3 is 0 Å². The molecule has 2 N–H and O–H groups in total. The van der Waals surface area contributed by atoms with Crippen LogP contribution >= 0.6 is 15.9 Å². The number of aliphatic hydroxyl groups excluding tert-OH is 1. The van der Waals surface area contributed by atoms with Crippen LogP contribution in [0.25, 0.3) is 0 Å². The number of aryl methyl sites for hydroxylation is 2. The number of anilines is 1. The van der Waals surface area contributed by atoms with Crippen molar-refractivity contribution >= 4 is 31.6 Å². The maximum atomic E-state index is 11.8. The Hall–Kier alpha value is -0.590. The quantitative estimate of drug-likeness (QED) is 0.893. The van der Waals surface area contributed by atoms with Crippen LogP contribution in [-0.4, -0.2) is 25.4 Å². The van der Waals surface area contributed by atoms with Crippen molar-refractivity contribution in [3.05, 3.63) is 27.7 Å². The zero-order chi connectivity index (χ0) is 13.2. The van der Waals surface area contributed by atoms with Gasteiger partial charge in [0.1, 0.15) is 5.25 Å². The van der Waals surface area contributed by atoms with Crippen molar-refractivity contribution in [2.45, 2.75) is 26.0 Å². The van der Waals surface area contributed by atoms with Gasteiger partial charge in [-0.05, 0) is 53.9 Å². The minimum absolute atomic E-state index is 0.405. The van der Waals surface area contributed by atoms with Gasteiger partial charge in [-0.1, -0.05) is 6.07 Å². The average Bonchev–Trinajstić information content (AvgIpc) is 2.22. The second-order valence-corrected chi connectivity index (χ2v) is 7.03. The van der Waals surface area contributed by atoms with Gasteiger partial charge in [0, 0.05) is 4.47 Å². The lowest BCUT2D eigenvalue weighted by Gasteiger charge is -2.16. The van der Waals surface area contributed by atoms with Crippen LogP contribution in [-0.2, 0) is 10.0 Å². The summed E-state index contributed by atoms with van der Waals surface area (Å²) in [5.74, 6) is 0. The Balaban J connectivity index is 3.13. The highest BCUT2D eigenvalue weighted by molar-refractivity contribution is 9.10. The SMILES string of the molecule is Cc1cc(C)c(NS(=O)(=O)C(C)CO)c(Br)c1. The summed E-state index contributed by atoms with van der Waals surface area (Å²) in [6.45, 7) is 4.82. The van der Waals surface area contributed by atoms with Gasteiger partial charge in [-0.2, -0.15) is 0 Å². The van der Waals surface area contributed by atoms with Crippen LogP contribution in [0.15, 0.2) is 16.6 Å². The Morgan fingerprint density at radius 1 is 1.41 bits per heavy atom. The van der Waals surface area contributed by atoms with Crippen LogP contribution in [0.2, 0.25) is 0 Å². The minimum Gasteiger partial charge on any atom is -0.395 e. The molecule has 1 unspecified atom stereocenters. The number of nitrogens with one attached hydrogen (secondary N) is 1. The molecular formula is C11H16BrNO3S. The second kappa shape index (κ2) is 5.37. The Bertz CT molecular complexity index is 490. The van der Waals surface area contributed by atoms with Crippen LogP contribution in [0, 0.1) is 13.8 Å². The predicted octanol–water partition coefficient (Wildman–Crippen LogP) is 2.19. The van der Waals surface area contributed by atoms with E-state index in [1.54, 1.807) is 0 Å². The van der Waals surface area contributed by atoms with Crippen molar-refractivity contribution in [2.75, 3.05) is 11.3 Å². The first-order chi connectivity index (χ1) is 7.77. The molecule has 1 aromatic rings. The van der Waals surface area contributed by atoms with Crippen molar-refractivity contribution < 1.29 is 13.5 Å². The molecule has 0 spiro atoms. The molecule has 0 aliphatic heterocycles. The third kappa shape index (κ3) is 3.43. The van der Waals surface area contributed by atoms with Gasteiger partial charge in [-0.3, -0.25) is 4.72 Å². The molecule has 0 radical (unpaired) electrons. The Labute approximate surface area is 110 Å². The van der Waals surface area contributed by atoms with E-state index >= 15 is 0 Å². The van der Waals surface area contributed by atoms with E-state index in [0.717, 1.165) is 11.1 Å². The Morgan fingerprint density at radius 3 is 2.47 bits per heavy atom. The molecule has 1 aromatic carbocycles. The molecule has 0 fully saturated rings. The van der Waals surface area contributed by atoms with E-state index in [1.807, 2.05) is 26.0 Å². The Kier molecular flexibility index (Phi) is 4.57. The van der Waals surface area contributed by atoms with Gasteiger partial charge < -0.3 is 5.11 Å². The number of hydrogen-bond acceptors (Lipinski definition) is 3. The normalized spacial score (nSPS) is 13.5. The topological polar surface area (TPSA) is 66.4 Å². The molecule has 1 rings (SSSR count). The van der Waals surface area contributed by atoms with Crippen molar-refractivity contribution in [1.82, 2.24) is 0 Å². The molecule has 4 nitrogen and oxygen atoms in total. The first-order valence-corrected chi connectivity index (χ1v) is 7.51. The summed E-state index contributed by atoms with van der Waals surface area (Å²) in [5, 5.41) is 8.06. The number of hydrogen-bond donors (Lipinski definition) is 2. The molecule has 0 aromatic heterocycles. The molecule has 0 aliphatic rings. The molecule has 17 heavy (non-hydrogen) atoms. The summed E-state index contributed by atoms with van der Waals surface area (Å²) < 4.78 is 26.9. The third-order valence-corrected chi connectivity index (χ3v) is 4.79. The molecule has 1 atom stereocenters. The van der Waals surface area contributed by atoms with E-state index in [-0.39, 0.29) is 0 Å². The van der Waals surface area contributed by atoms with Crippen LogP contribution in [0.1, 0.15) is 18.1 Å². The van der Waals surface area contributed by atoms with E-state index in [0.29, 0.717) is 10.2 Å². The Morgan fingerprint density at radius 2 is 2.00 bits per heavy atom. The van der Waals surface area contributed by atoms with E-state index in [1.165, 1.54) is 6.92 Å². The van der Waals surface area contributed by atoms with E-state index < -0.39 is 21.9 Å². The van der Waals surface area contributed by atoms with Crippen molar-refractivity contribution in [2.24, 2.45) is 0 Å². The molecule has 0 heterocycles. The minimum atomic E-state index is -3.55. The van der Waals surface area contributed by atoms with Gasteiger partial charge in [0.05, 0.1) is 12.3 Å². The third-order valence-electron chi connectivity index (χ3n) is 2.46. The molecular weight excluding hydrogens is 306 g/mol. The lowest BCUT2D eigenvalue weighted by molar-refractivity contribution is 0.296. The first-order valence-electron chi connectivity index (χ1n) is 5.17. The maximum absolute atomic E-state index is 11.8. The zero-order valence-corrected chi connectivity index (χ0v) is 12.4. The summed E-state index contributed by atoms with van der Waals surface area (Å²) in [4.78, 5) is 0. The van der Waals surface area contributed by atoms with Gasteiger partial charge in [0.25, 0.3) is 0 Å². The number of aliphatic hydroxyl groups is 1. The summed E-state index contributed by atoms with van der Waals surface area (Å²) in [6.07, 6.45) is 0. The predicted molar refractivity (Wildman–Crippen MR) is 72.7 cm³/mol. The molecule has 0 amide bonds. The zero-order valence-electron chi connectivity index (χ0n) is 9.99. The number of halogens is 1. The number of sulfonamides is 1. The summed E-state index contributed by atoms with van der Waals surface area (Å²) in [5.41, 5.74) is 2.41. The van der Waals surface area contributed by atoms with Gasteiger partial charge in [-0.25, -0.2) is 8.42 Å². The van der Waals surface area contributed by atoms with E-state index in [4.69, 9.17) is 5.11 Å². The second-order valence-electron chi connectivity index (χ2n) is 4.08. The maximum Gasteiger partial charge on any atom is 0.237 e.